The molecule has 0 aliphatic carbocycles. The monoisotopic (exact) mass is 261 g/mol. The Morgan fingerprint density at radius 3 is 2.50 bits per heavy atom. The summed E-state index contributed by atoms with van der Waals surface area (Å²) in [7, 11) is 0. The van der Waals surface area contributed by atoms with E-state index in [1.54, 1.807) is 0 Å². The summed E-state index contributed by atoms with van der Waals surface area (Å²) in [6, 6.07) is 6.26. The molecule has 0 saturated carbocycles. The van der Waals surface area contributed by atoms with Gasteiger partial charge in [-0.05, 0) is 58.0 Å². The number of rotatable bonds is 1. The third-order valence-corrected chi connectivity index (χ3v) is 3.46. The van der Waals surface area contributed by atoms with E-state index in [9.17, 15) is 0 Å². The summed E-state index contributed by atoms with van der Waals surface area (Å²) in [5.41, 5.74) is 3.56. The van der Waals surface area contributed by atoms with Crippen molar-refractivity contribution >= 4 is 12.2 Å². The van der Waals surface area contributed by atoms with Crippen molar-refractivity contribution in [3.8, 4) is 11.4 Å². The fraction of sp³-hybridized carbons (Fsp3) is 0.429. The van der Waals surface area contributed by atoms with Crippen molar-refractivity contribution in [2.45, 2.75) is 40.2 Å². The summed E-state index contributed by atoms with van der Waals surface area (Å²) in [6.07, 6.45) is 0. The first-order chi connectivity index (χ1) is 8.32. The first-order valence-corrected chi connectivity index (χ1v) is 6.47. The Morgan fingerprint density at radius 1 is 1.22 bits per heavy atom. The van der Waals surface area contributed by atoms with Crippen molar-refractivity contribution in [1.82, 2.24) is 14.8 Å². The van der Waals surface area contributed by atoms with Gasteiger partial charge in [0.05, 0.1) is 0 Å². The van der Waals surface area contributed by atoms with Gasteiger partial charge < -0.3 is 0 Å². The van der Waals surface area contributed by atoms with E-state index < -0.39 is 0 Å². The van der Waals surface area contributed by atoms with E-state index in [4.69, 9.17) is 12.2 Å². The van der Waals surface area contributed by atoms with Gasteiger partial charge in [-0.1, -0.05) is 18.2 Å². The second-order valence-electron chi connectivity index (χ2n) is 5.61. The van der Waals surface area contributed by atoms with Crippen LogP contribution in [0, 0.1) is 18.6 Å². The number of aromatic amines is 1. The normalized spacial score (nSPS) is 11.8. The highest BCUT2D eigenvalue weighted by Gasteiger charge is 2.21. The van der Waals surface area contributed by atoms with E-state index in [0.29, 0.717) is 4.77 Å². The molecule has 1 N–H and O–H groups in total. The minimum atomic E-state index is -0.0877. The van der Waals surface area contributed by atoms with Crippen LogP contribution >= 0.6 is 12.2 Å². The second-order valence-corrected chi connectivity index (χ2v) is 5.99. The smallest absolute Gasteiger partial charge is 0.195 e. The van der Waals surface area contributed by atoms with E-state index in [1.165, 1.54) is 11.1 Å². The summed E-state index contributed by atoms with van der Waals surface area (Å²) >= 11 is 5.34. The topological polar surface area (TPSA) is 33.6 Å². The molecule has 0 radical (unpaired) electrons. The lowest BCUT2D eigenvalue weighted by Crippen LogP contribution is -2.23. The second kappa shape index (κ2) is 4.35. The first kappa shape index (κ1) is 13.0. The van der Waals surface area contributed by atoms with Gasteiger partial charge in [0.1, 0.15) is 0 Å². The highest BCUT2D eigenvalue weighted by atomic mass is 32.1. The van der Waals surface area contributed by atoms with E-state index in [-0.39, 0.29) is 5.54 Å². The van der Waals surface area contributed by atoms with Gasteiger partial charge in [0.25, 0.3) is 0 Å². The Kier molecular flexibility index (Phi) is 3.15. The molecule has 2 aromatic rings. The predicted octanol–water partition coefficient (Wildman–Crippen LogP) is 3.98. The zero-order valence-electron chi connectivity index (χ0n) is 11.5. The van der Waals surface area contributed by atoms with Crippen LogP contribution in [0.5, 0.6) is 0 Å². The standard InChI is InChI=1S/C14H19N3S/c1-9-7-6-8-11(10(9)2)12-15-16-13(18)17(12)14(3,4)5/h6-8H,1-5H3,(H,16,18). The fourth-order valence-electron chi connectivity index (χ4n) is 2.09. The average molecular weight is 261 g/mol. The maximum absolute atomic E-state index is 5.34. The molecule has 4 heteroatoms. The molecule has 0 aliphatic heterocycles. The molecule has 1 aromatic heterocycles. The molecule has 2 rings (SSSR count). The zero-order chi connectivity index (χ0) is 13.5. The van der Waals surface area contributed by atoms with Crippen molar-refractivity contribution < 1.29 is 0 Å². The largest absolute Gasteiger partial charge is 0.295 e. The lowest BCUT2D eigenvalue weighted by Gasteiger charge is -2.23. The molecule has 3 nitrogen and oxygen atoms in total. The van der Waals surface area contributed by atoms with E-state index >= 15 is 0 Å². The summed E-state index contributed by atoms with van der Waals surface area (Å²) in [4.78, 5) is 0. The van der Waals surface area contributed by atoms with E-state index in [0.717, 1.165) is 11.4 Å². The maximum Gasteiger partial charge on any atom is 0.195 e. The Hall–Kier alpha value is -1.42. The van der Waals surface area contributed by atoms with Crippen LogP contribution < -0.4 is 0 Å². The van der Waals surface area contributed by atoms with Gasteiger partial charge in [-0.25, -0.2) is 0 Å². The zero-order valence-corrected chi connectivity index (χ0v) is 12.4. The van der Waals surface area contributed by atoms with Crippen LogP contribution in [0.25, 0.3) is 11.4 Å². The molecular weight excluding hydrogens is 242 g/mol. The summed E-state index contributed by atoms with van der Waals surface area (Å²) in [5.74, 6) is 0.911. The number of hydrogen-bond donors (Lipinski definition) is 1. The van der Waals surface area contributed by atoms with Crippen LogP contribution in [-0.4, -0.2) is 14.8 Å². The van der Waals surface area contributed by atoms with Crippen molar-refractivity contribution in [3.05, 3.63) is 34.1 Å². The number of benzene rings is 1. The number of aryl methyl sites for hydroxylation is 1. The Labute approximate surface area is 113 Å². The fourth-order valence-corrected chi connectivity index (χ4v) is 2.50. The number of hydrogen-bond acceptors (Lipinski definition) is 2. The van der Waals surface area contributed by atoms with E-state index in [2.05, 4.69) is 67.6 Å². The minimum Gasteiger partial charge on any atom is -0.295 e. The van der Waals surface area contributed by atoms with Crippen LogP contribution in [-0.2, 0) is 5.54 Å². The van der Waals surface area contributed by atoms with E-state index in [1.807, 2.05) is 0 Å². The molecular formula is C14H19N3S. The third kappa shape index (κ3) is 2.12. The molecule has 0 fully saturated rings. The Balaban J connectivity index is 2.74. The molecule has 0 bridgehead atoms. The van der Waals surface area contributed by atoms with Gasteiger partial charge >= 0.3 is 0 Å². The molecule has 0 unspecified atom stereocenters. The van der Waals surface area contributed by atoms with Crippen molar-refractivity contribution in [2.75, 3.05) is 0 Å². The van der Waals surface area contributed by atoms with Crippen molar-refractivity contribution in [1.29, 1.82) is 0 Å². The highest BCUT2D eigenvalue weighted by Crippen LogP contribution is 2.28. The number of nitrogens with zero attached hydrogens (tertiary/aromatic N) is 2. The van der Waals surface area contributed by atoms with Crippen LogP contribution in [0.2, 0.25) is 0 Å². The minimum absolute atomic E-state index is 0.0877. The van der Waals surface area contributed by atoms with Gasteiger partial charge in [0.15, 0.2) is 10.6 Å². The van der Waals surface area contributed by atoms with Crippen LogP contribution in [0.4, 0.5) is 0 Å². The van der Waals surface area contributed by atoms with Gasteiger partial charge in [-0.15, -0.1) is 0 Å². The summed E-state index contributed by atoms with van der Waals surface area (Å²) < 4.78 is 2.74. The van der Waals surface area contributed by atoms with Gasteiger partial charge in [-0.3, -0.25) is 9.67 Å². The Bertz CT molecular complexity index is 629. The first-order valence-electron chi connectivity index (χ1n) is 6.07. The van der Waals surface area contributed by atoms with Crippen molar-refractivity contribution in [2.24, 2.45) is 0 Å². The number of aromatic nitrogens is 3. The summed E-state index contributed by atoms with van der Waals surface area (Å²) in [6.45, 7) is 10.6. The van der Waals surface area contributed by atoms with Crippen LogP contribution in [0.15, 0.2) is 18.2 Å². The molecule has 0 spiro atoms. The number of H-pyrrole nitrogens is 1. The van der Waals surface area contributed by atoms with Crippen LogP contribution in [0.1, 0.15) is 31.9 Å². The molecule has 1 aromatic carbocycles. The molecule has 18 heavy (non-hydrogen) atoms. The SMILES string of the molecule is Cc1cccc(-c2n[nH]c(=S)n2C(C)(C)C)c1C. The number of nitrogens with one attached hydrogen (secondary N) is 1. The quantitative estimate of drug-likeness (QED) is 0.788. The lowest BCUT2D eigenvalue weighted by molar-refractivity contribution is 0.395. The molecule has 0 atom stereocenters. The lowest BCUT2D eigenvalue weighted by atomic mass is 10.0. The maximum atomic E-state index is 5.34. The highest BCUT2D eigenvalue weighted by molar-refractivity contribution is 7.71. The van der Waals surface area contributed by atoms with Gasteiger partial charge in [0.2, 0.25) is 0 Å². The summed E-state index contributed by atoms with van der Waals surface area (Å²) in [5, 5.41) is 7.30. The van der Waals surface area contributed by atoms with Gasteiger partial charge in [0, 0.05) is 11.1 Å². The Morgan fingerprint density at radius 2 is 1.89 bits per heavy atom. The molecule has 0 saturated heterocycles. The molecule has 96 valence electrons. The molecule has 0 amide bonds. The molecule has 1 heterocycles. The van der Waals surface area contributed by atoms with Gasteiger partial charge in [-0.2, -0.15) is 5.10 Å². The average Bonchev–Trinajstić information content (AvgIpc) is 2.64. The third-order valence-electron chi connectivity index (χ3n) is 3.19. The van der Waals surface area contributed by atoms with Crippen LogP contribution in [0.3, 0.4) is 0 Å². The van der Waals surface area contributed by atoms with Crippen molar-refractivity contribution in [3.63, 3.8) is 0 Å². The predicted molar refractivity (Wildman–Crippen MR) is 77.3 cm³/mol. The molecule has 0 aliphatic rings.